The fourth-order valence-corrected chi connectivity index (χ4v) is 1.82. The van der Waals surface area contributed by atoms with Gasteiger partial charge < -0.3 is 15.5 Å². The predicted octanol–water partition coefficient (Wildman–Crippen LogP) is 1.14. The van der Waals surface area contributed by atoms with Crippen molar-refractivity contribution in [3.63, 3.8) is 0 Å². The molecule has 0 aliphatic carbocycles. The summed E-state index contributed by atoms with van der Waals surface area (Å²) in [5.41, 5.74) is 0.364. The predicted molar refractivity (Wildman–Crippen MR) is 68.7 cm³/mol. The van der Waals surface area contributed by atoms with Gasteiger partial charge in [-0.1, -0.05) is 11.6 Å². The van der Waals surface area contributed by atoms with Crippen molar-refractivity contribution in [1.29, 1.82) is 0 Å². The molecule has 0 saturated heterocycles. The lowest BCUT2D eigenvalue weighted by molar-refractivity contribution is 0.0802. The van der Waals surface area contributed by atoms with Crippen molar-refractivity contribution >= 4 is 29.3 Å². The van der Waals surface area contributed by atoms with Gasteiger partial charge in [0.1, 0.15) is 0 Å². The molecule has 0 bridgehead atoms. The van der Waals surface area contributed by atoms with Gasteiger partial charge in [0.25, 0.3) is 5.91 Å². The summed E-state index contributed by atoms with van der Waals surface area (Å²) >= 11 is 7.43. The van der Waals surface area contributed by atoms with Gasteiger partial charge in [0.05, 0.1) is 23.3 Å². The summed E-state index contributed by atoms with van der Waals surface area (Å²) in [6.45, 7) is -0.395. The number of aliphatic hydroxyl groups excluding tert-OH is 2. The number of amides is 1. The Kier molecular flexibility index (Phi) is 5.77. The van der Waals surface area contributed by atoms with Crippen molar-refractivity contribution in [1.82, 2.24) is 5.32 Å². The smallest absolute Gasteiger partial charge is 0.252 e. The number of aliphatic hydroxyl groups is 2. The first kappa shape index (κ1) is 14.3. The molecule has 0 fully saturated rings. The Morgan fingerprint density at radius 1 is 1.59 bits per heavy atom. The minimum Gasteiger partial charge on any atom is -0.394 e. The fraction of sp³-hybridized carbons (Fsp3) is 0.364. The van der Waals surface area contributed by atoms with Crippen LogP contribution in [0.3, 0.4) is 0 Å². The largest absolute Gasteiger partial charge is 0.394 e. The quantitative estimate of drug-likeness (QED) is 0.705. The van der Waals surface area contributed by atoms with Crippen LogP contribution in [0.5, 0.6) is 0 Å². The first-order valence-electron chi connectivity index (χ1n) is 4.99. The molecule has 1 rings (SSSR count). The van der Waals surface area contributed by atoms with Crippen LogP contribution in [0.25, 0.3) is 0 Å². The van der Waals surface area contributed by atoms with E-state index >= 15 is 0 Å². The maximum atomic E-state index is 11.8. The zero-order valence-electron chi connectivity index (χ0n) is 9.31. The number of rotatable bonds is 5. The lowest BCUT2D eigenvalue weighted by Gasteiger charge is -2.10. The second kappa shape index (κ2) is 6.86. The average molecular weight is 276 g/mol. The van der Waals surface area contributed by atoms with Crippen molar-refractivity contribution in [2.45, 2.75) is 11.0 Å². The Morgan fingerprint density at radius 2 is 2.29 bits per heavy atom. The summed E-state index contributed by atoms with van der Waals surface area (Å²) in [6.07, 6.45) is 0.946. The van der Waals surface area contributed by atoms with Crippen LogP contribution in [0.15, 0.2) is 23.1 Å². The summed E-state index contributed by atoms with van der Waals surface area (Å²) in [5, 5.41) is 20.6. The molecule has 0 aromatic heterocycles. The first-order chi connectivity index (χ1) is 8.08. The van der Waals surface area contributed by atoms with Crippen LogP contribution in [0.1, 0.15) is 10.4 Å². The maximum Gasteiger partial charge on any atom is 0.252 e. The van der Waals surface area contributed by atoms with Crippen LogP contribution in [0, 0.1) is 0 Å². The summed E-state index contributed by atoms with van der Waals surface area (Å²) in [6, 6.07) is 5.17. The highest BCUT2D eigenvalue weighted by Gasteiger charge is 2.12. The van der Waals surface area contributed by atoms with Gasteiger partial charge in [-0.25, -0.2) is 0 Å². The number of benzene rings is 1. The lowest BCUT2D eigenvalue weighted by atomic mass is 10.2. The second-order valence-electron chi connectivity index (χ2n) is 3.39. The molecule has 1 aromatic carbocycles. The van der Waals surface area contributed by atoms with Crippen LogP contribution in [-0.2, 0) is 0 Å². The van der Waals surface area contributed by atoms with Gasteiger partial charge in [-0.05, 0) is 24.5 Å². The number of carbonyl (C=O) groups excluding carboxylic acids is 1. The van der Waals surface area contributed by atoms with E-state index < -0.39 is 12.7 Å². The zero-order chi connectivity index (χ0) is 12.8. The second-order valence-corrected chi connectivity index (χ2v) is 4.68. The van der Waals surface area contributed by atoms with Crippen molar-refractivity contribution in [2.75, 3.05) is 19.4 Å². The van der Waals surface area contributed by atoms with Gasteiger partial charge in [0.15, 0.2) is 0 Å². The highest BCUT2D eigenvalue weighted by Crippen LogP contribution is 2.22. The summed E-state index contributed by atoms with van der Waals surface area (Å²) in [7, 11) is 0. The minimum atomic E-state index is -0.957. The van der Waals surface area contributed by atoms with Crippen LogP contribution in [0.4, 0.5) is 0 Å². The normalized spacial score (nSPS) is 12.2. The van der Waals surface area contributed by atoms with Crippen molar-refractivity contribution in [3.05, 3.63) is 28.8 Å². The molecule has 94 valence electrons. The van der Waals surface area contributed by atoms with E-state index in [0.29, 0.717) is 10.6 Å². The van der Waals surface area contributed by atoms with Gasteiger partial charge in [-0.15, -0.1) is 11.8 Å². The van der Waals surface area contributed by atoms with Crippen molar-refractivity contribution < 1.29 is 15.0 Å². The van der Waals surface area contributed by atoms with Gasteiger partial charge in [-0.2, -0.15) is 0 Å². The third-order valence-corrected chi connectivity index (χ3v) is 3.18. The van der Waals surface area contributed by atoms with Gasteiger partial charge >= 0.3 is 0 Å². The van der Waals surface area contributed by atoms with Crippen molar-refractivity contribution in [3.8, 4) is 0 Å². The summed E-state index contributed by atoms with van der Waals surface area (Å²) in [5.74, 6) is -0.363. The third kappa shape index (κ3) is 4.20. The molecular weight excluding hydrogens is 262 g/mol. The molecule has 17 heavy (non-hydrogen) atoms. The SMILES string of the molecule is CSc1ccc(Cl)c(C(=O)NCC(O)CO)c1. The Bertz CT molecular complexity index is 400. The van der Waals surface area contributed by atoms with E-state index in [9.17, 15) is 4.79 Å². The lowest BCUT2D eigenvalue weighted by Crippen LogP contribution is -2.34. The molecule has 1 amide bonds. The molecule has 0 heterocycles. The number of carbonyl (C=O) groups is 1. The van der Waals surface area contributed by atoms with Crippen LogP contribution < -0.4 is 5.32 Å². The van der Waals surface area contributed by atoms with E-state index in [0.717, 1.165) is 4.90 Å². The number of hydrogen-bond acceptors (Lipinski definition) is 4. The monoisotopic (exact) mass is 275 g/mol. The van der Waals surface area contributed by atoms with E-state index in [4.69, 9.17) is 21.8 Å². The molecule has 0 saturated carbocycles. The Balaban J connectivity index is 2.74. The molecule has 0 aliphatic heterocycles. The molecule has 1 aromatic rings. The molecule has 4 nitrogen and oxygen atoms in total. The van der Waals surface area contributed by atoms with Crippen molar-refractivity contribution in [2.24, 2.45) is 0 Å². The highest BCUT2D eigenvalue weighted by molar-refractivity contribution is 7.98. The van der Waals surface area contributed by atoms with Crippen LogP contribution >= 0.6 is 23.4 Å². The highest BCUT2D eigenvalue weighted by atomic mass is 35.5. The van der Waals surface area contributed by atoms with Crippen LogP contribution in [0.2, 0.25) is 5.02 Å². The molecule has 0 aliphatic rings. The molecule has 6 heteroatoms. The number of thioether (sulfide) groups is 1. The van der Waals surface area contributed by atoms with E-state index in [1.165, 1.54) is 11.8 Å². The fourth-order valence-electron chi connectivity index (χ4n) is 1.18. The molecule has 0 spiro atoms. The molecule has 1 atom stereocenters. The topological polar surface area (TPSA) is 69.6 Å². The minimum absolute atomic E-state index is 0.00480. The molecule has 0 radical (unpaired) electrons. The number of hydrogen-bond donors (Lipinski definition) is 3. The van der Waals surface area contributed by atoms with Gasteiger partial charge in [0.2, 0.25) is 0 Å². The van der Waals surface area contributed by atoms with E-state index in [1.54, 1.807) is 12.1 Å². The molecule has 1 unspecified atom stereocenters. The summed E-state index contributed by atoms with van der Waals surface area (Å²) in [4.78, 5) is 12.7. The van der Waals surface area contributed by atoms with Crippen LogP contribution in [-0.4, -0.2) is 41.6 Å². The summed E-state index contributed by atoms with van der Waals surface area (Å²) < 4.78 is 0. The molecule has 3 N–H and O–H groups in total. The average Bonchev–Trinajstić information content (AvgIpc) is 2.36. The number of halogens is 1. The maximum absolute atomic E-state index is 11.8. The number of nitrogens with one attached hydrogen (secondary N) is 1. The van der Waals surface area contributed by atoms with Gasteiger partial charge in [0, 0.05) is 11.4 Å². The Labute approximate surface area is 109 Å². The van der Waals surface area contributed by atoms with E-state index in [-0.39, 0.29) is 12.5 Å². The van der Waals surface area contributed by atoms with E-state index in [2.05, 4.69) is 5.32 Å². The first-order valence-corrected chi connectivity index (χ1v) is 6.59. The van der Waals surface area contributed by atoms with E-state index in [1.807, 2.05) is 12.3 Å². The third-order valence-electron chi connectivity index (χ3n) is 2.13. The Morgan fingerprint density at radius 3 is 2.88 bits per heavy atom. The zero-order valence-corrected chi connectivity index (χ0v) is 10.9. The molecular formula is C11H14ClNO3S. The van der Waals surface area contributed by atoms with Gasteiger partial charge in [-0.3, -0.25) is 4.79 Å². The Hall–Kier alpha value is -0.750. The standard InChI is InChI=1S/C11H14ClNO3S/c1-17-8-2-3-10(12)9(4-8)11(16)13-5-7(15)6-14/h2-4,7,14-15H,5-6H2,1H3,(H,13,16).